The summed E-state index contributed by atoms with van der Waals surface area (Å²) in [6.07, 6.45) is -2.60. The molecule has 1 fully saturated rings. The van der Waals surface area contributed by atoms with E-state index in [1.807, 2.05) is 115 Å². The van der Waals surface area contributed by atoms with E-state index in [0.717, 1.165) is 26.7 Å². The lowest BCUT2D eigenvalue weighted by atomic mass is 9.90. The zero-order chi connectivity index (χ0) is 26.9. The van der Waals surface area contributed by atoms with Gasteiger partial charge in [0.05, 0.1) is 26.4 Å². The summed E-state index contributed by atoms with van der Waals surface area (Å²) in [7, 11) is 0. The van der Waals surface area contributed by atoms with E-state index in [1.54, 1.807) is 0 Å². The van der Waals surface area contributed by atoms with Crippen LogP contribution >= 0.6 is 15.9 Å². The molecule has 5 nitrogen and oxygen atoms in total. The Morgan fingerprint density at radius 2 is 1.00 bits per heavy atom. The molecule has 39 heavy (non-hydrogen) atoms. The maximum absolute atomic E-state index is 10.5. The smallest absolute Gasteiger partial charge is 0.117 e. The number of ether oxygens (including phenoxy) is 4. The van der Waals surface area contributed by atoms with Crippen LogP contribution in [0.15, 0.2) is 120 Å². The van der Waals surface area contributed by atoms with Crippen LogP contribution in [0, 0.1) is 0 Å². The van der Waals surface area contributed by atoms with Crippen LogP contribution in [0.2, 0.25) is 0 Å². The van der Waals surface area contributed by atoms with Crippen LogP contribution in [-0.2, 0) is 38.8 Å². The third-order valence-electron chi connectivity index (χ3n) is 6.87. The van der Waals surface area contributed by atoms with E-state index >= 15 is 0 Å². The molecule has 1 aliphatic rings. The molecule has 1 aliphatic heterocycles. The van der Waals surface area contributed by atoms with Crippen molar-refractivity contribution in [1.29, 1.82) is 0 Å². The SMILES string of the molecule is OC[C@H]1O[C@@H](c2ccc(Br)cc2)[C@H](OCc2ccccc2)[C@@H](OCc2ccccc2)[C@@H]1OCc1ccccc1. The van der Waals surface area contributed by atoms with Crippen LogP contribution in [0.5, 0.6) is 0 Å². The minimum Gasteiger partial charge on any atom is -0.394 e. The van der Waals surface area contributed by atoms with Gasteiger partial charge in [0.25, 0.3) is 0 Å². The average Bonchev–Trinajstić information content (AvgIpc) is 3.00. The monoisotopic (exact) mass is 588 g/mol. The molecule has 0 radical (unpaired) electrons. The molecule has 0 aliphatic carbocycles. The van der Waals surface area contributed by atoms with E-state index in [4.69, 9.17) is 18.9 Å². The van der Waals surface area contributed by atoms with Crippen molar-refractivity contribution in [1.82, 2.24) is 0 Å². The quantitative estimate of drug-likeness (QED) is 0.213. The fourth-order valence-electron chi connectivity index (χ4n) is 4.86. The molecule has 0 aromatic heterocycles. The van der Waals surface area contributed by atoms with Crippen LogP contribution in [0.1, 0.15) is 28.4 Å². The Kier molecular flexibility index (Phi) is 9.94. The van der Waals surface area contributed by atoms with Gasteiger partial charge in [0, 0.05) is 4.47 Å². The van der Waals surface area contributed by atoms with Crippen molar-refractivity contribution in [2.24, 2.45) is 0 Å². The lowest BCUT2D eigenvalue weighted by molar-refractivity contribution is -0.272. The topological polar surface area (TPSA) is 57.2 Å². The van der Waals surface area contributed by atoms with Gasteiger partial charge in [-0.25, -0.2) is 0 Å². The van der Waals surface area contributed by atoms with Crippen molar-refractivity contribution in [2.45, 2.75) is 50.3 Å². The molecule has 4 aromatic rings. The Balaban J connectivity index is 1.47. The molecule has 5 atom stereocenters. The van der Waals surface area contributed by atoms with Gasteiger partial charge in [-0.05, 0) is 34.4 Å². The van der Waals surface area contributed by atoms with E-state index in [1.165, 1.54) is 0 Å². The highest BCUT2D eigenvalue weighted by molar-refractivity contribution is 9.10. The molecule has 202 valence electrons. The minimum absolute atomic E-state index is 0.205. The molecular weight excluding hydrogens is 556 g/mol. The minimum atomic E-state index is -0.597. The van der Waals surface area contributed by atoms with Crippen LogP contribution < -0.4 is 0 Å². The first-order valence-corrected chi connectivity index (χ1v) is 14.0. The first-order valence-electron chi connectivity index (χ1n) is 13.2. The third-order valence-corrected chi connectivity index (χ3v) is 7.40. The van der Waals surface area contributed by atoms with Crippen LogP contribution in [-0.4, -0.2) is 36.1 Å². The van der Waals surface area contributed by atoms with Crippen molar-refractivity contribution in [3.8, 4) is 0 Å². The molecule has 0 unspecified atom stereocenters. The highest BCUT2D eigenvalue weighted by Crippen LogP contribution is 2.38. The summed E-state index contributed by atoms with van der Waals surface area (Å²) < 4.78 is 27.2. The standard InChI is InChI=1S/C33H33BrO5/c34-28-18-16-27(17-19-28)30-32(37-22-25-12-6-2-7-13-25)33(38-23-26-14-8-3-9-15-26)31(29(20-35)39-30)36-21-24-10-4-1-5-11-24/h1-19,29-33,35H,20-23H2/t29-,30+,31-,32+,33+/m1/s1. The van der Waals surface area contributed by atoms with Gasteiger partial charge in [0.1, 0.15) is 30.5 Å². The van der Waals surface area contributed by atoms with E-state index in [-0.39, 0.29) is 6.61 Å². The fourth-order valence-corrected chi connectivity index (χ4v) is 5.12. The fraction of sp³-hybridized carbons (Fsp3) is 0.273. The summed E-state index contributed by atoms with van der Waals surface area (Å²) in [5.41, 5.74) is 4.09. The Bertz CT molecular complexity index is 1250. The van der Waals surface area contributed by atoms with Gasteiger partial charge in [0.15, 0.2) is 0 Å². The number of aliphatic hydroxyl groups excluding tert-OH is 1. The largest absolute Gasteiger partial charge is 0.394 e. The molecular formula is C33H33BrO5. The zero-order valence-corrected chi connectivity index (χ0v) is 23.2. The van der Waals surface area contributed by atoms with Crippen LogP contribution in [0.4, 0.5) is 0 Å². The summed E-state index contributed by atoms with van der Waals surface area (Å²) >= 11 is 3.53. The lowest BCUT2D eigenvalue weighted by Gasteiger charge is -2.46. The Morgan fingerprint density at radius 3 is 1.46 bits per heavy atom. The molecule has 1 heterocycles. The molecule has 1 N–H and O–H groups in total. The van der Waals surface area contributed by atoms with Crippen LogP contribution in [0.25, 0.3) is 0 Å². The predicted molar refractivity (Wildman–Crippen MR) is 154 cm³/mol. The molecule has 4 aromatic carbocycles. The van der Waals surface area contributed by atoms with E-state index < -0.39 is 30.5 Å². The normalized spacial score (nSPS) is 23.0. The van der Waals surface area contributed by atoms with E-state index in [2.05, 4.69) is 15.9 Å². The van der Waals surface area contributed by atoms with Gasteiger partial charge in [-0.1, -0.05) is 119 Å². The number of aliphatic hydroxyl groups is 1. The number of benzene rings is 4. The predicted octanol–water partition coefficient (Wildman–Crippen LogP) is 6.64. The number of hydrogen-bond donors (Lipinski definition) is 1. The number of rotatable bonds is 11. The second kappa shape index (κ2) is 14.0. The summed E-state index contributed by atoms with van der Waals surface area (Å²) in [4.78, 5) is 0. The summed E-state index contributed by atoms with van der Waals surface area (Å²) in [5.74, 6) is 0. The molecule has 0 bridgehead atoms. The number of hydrogen-bond acceptors (Lipinski definition) is 5. The maximum Gasteiger partial charge on any atom is 0.117 e. The Morgan fingerprint density at radius 1 is 0.564 bits per heavy atom. The highest BCUT2D eigenvalue weighted by atomic mass is 79.9. The first-order chi connectivity index (χ1) is 19.2. The molecule has 1 saturated heterocycles. The molecule has 0 spiro atoms. The molecule has 0 amide bonds. The second-order valence-electron chi connectivity index (χ2n) is 9.61. The van der Waals surface area contributed by atoms with Crippen molar-refractivity contribution >= 4 is 15.9 Å². The van der Waals surface area contributed by atoms with Gasteiger partial charge in [-0.15, -0.1) is 0 Å². The summed E-state index contributed by atoms with van der Waals surface area (Å²) in [6, 6.07) is 38.1. The second-order valence-corrected chi connectivity index (χ2v) is 10.5. The Hall–Kier alpha value is -2.84. The summed E-state index contributed by atoms with van der Waals surface area (Å²) in [5, 5.41) is 10.5. The van der Waals surface area contributed by atoms with Gasteiger partial charge in [-0.3, -0.25) is 0 Å². The maximum atomic E-state index is 10.5. The van der Waals surface area contributed by atoms with Crippen molar-refractivity contribution in [2.75, 3.05) is 6.61 Å². The van der Waals surface area contributed by atoms with Gasteiger partial charge in [0.2, 0.25) is 0 Å². The van der Waals surface area contributed by atoms with Crippen molar-refractivity contribution in [3.05, 3.63) is 142 Å². The van der Waals surface area contributed by atoms with E-state index in [9.17, 15) is 5.11 Å². The summed E-state index contributed by atoms with van der Waals surface area (Å²) in [6.45, 7) is 0.934. The van der Waals surface area contributed by atoms with Crippen molar-refractivity contribution in [3.63, 3.8) is 0 Å². The van der Waals surface area contributed by atoms with Gasteiger partial charge >= 0.3 is 0 Å². The highest BCUT2D eigenvalue weighted by Gasteiger charge is 2.48. The third kappa shape index (κ3) is 7.42. The first kappa shape index (κ1) is 27.7. The van der Waals surface area contributed by atoms with Gasteiger partial charge in [-0.2, -0.15) is 0 Å². The van der Waals surface area contributed by atoms with Crippen LogP contribution in [0.3, 0.4) is 0 Å². The molecule has 0 saturated carbocycles. The lowest BCUT2D eigenvalue weighted by Crippen LogP contribution is -2.58. The van der Waals surface area contributed by atoms with Gasteiger partial charge < -0.3 is 24.1 Å². The Labute approximate surface area is 238 Å². The zero-order valence-electron chi connectivity index (χ0n) is 21.6. The van der Waals surface area contributed by atoms with E-state index in [0.29, 0.717) is 19.8 Å². The number of halogens is 1. The van der Waals surface area contributed by atoms with Crippen molar-refractivity contribution < 1.29 is 24.1 Å². The molecule has 6 heteroatoms. The molecule has 5 rings (SSSR count). The average molecular weight is 590 g/mol.